The summed E-state index contributed by atoms with van der Waals surface area (Å²) in [7, 11) is 0. The van der Waals surface area contributed by atoms with Crippen molar-refractivity contribution in [1.29, 1.82) is 0 Å². The highest BCUT2D eigenvalue weighted by Crippen LogP contribution is 2.66. The Labute approximate surface area is 401 Å². The molecular formula is C65H43NOS. The third-order valence-corrected chi connectivity index (χ3v) is 17.2. The molecule has 5 aliphatic rings. The van der Waals surface area contributed by atoms with Crippen LogP contribution >= 0.6 is 11.8 Å². The summed E-state index contributed by atoms with van der Waals surface area (Å²) in [5.74, 6) is 1.80. The van der Waals surface area contributed by atoms with Crippen LogP contribution in [0.15, 0.2) is 234 Å². The monoisotopic (exact) mass is 885 g/mol. The normalized spacial score (nSPS) is 15.6. The van der Waals surface area contributed by atoms with Gasteiger partial charge in [-0.1, -0.05) is 195 Å². The Morgan fingerprint density at radius 1 is 0.338 bits per heavy atom. The summed E-state index contributed by atoms with van der Waals surface area (Å²) in [6, 6.07) is 84.3. The first-order valence-corrected chi connectivity index (χ1v) is 24.6. The van der Waals surface area contributed by atoms with Gasteiger partial charge in [0.25, 0.3) is 0 Å². The first-order valence-electron chi connectivity index (χ1n) is 23.7. The largest absolute Gasteiger partial charge is 0.457 e. The first kappa shape index (κ1) is 38.3. The van der Waals surface area contributed by atoms with Crippen molar-refractivity contribution >= 4 is 28.8 Å². The van der Waals surface area contributed by atoms with Gasteiger partial charge >= 0.3 is 0 Å². The summed E-state index contributed by atoms with van der Waals surface area (Å²) in [6.45, 7) is 4.77. The zero-order chi connectivity index (χ0) is 44.9. The highest BCUT2D eigenvalue weighted by Gasteiger charge is 2.53. The first-order chi connectivity index (χ1) is 33.5. The molecule has 0 aromatic heterocycles. The molecule has 3 aliphatic carbocycles. The van der Waals surface area contributed by atoms with E-state index in [-0.39, 0.29) is 5.41 Å². The van der Waals surface area contributed by atoms with Crippen molar-refractivity contribution in [3.63, 3.8) is 0 Å². The summed E-state index contributed by atoms with van der Waals surface area (Å²) in [6.07, 6.45) is 0. The molecule has 2 spiro atoms. The summed E-state index contributed by atoms with van der Waals surface area (Å²) < 4.78 is 6.70. The van der Waals surface area contributed by atoms with Gasteiger partial charge in [0, 0.05) is 43.3 Å². The molecule has 0 atom stereocenters. The van der Waals surface area contributed by atoms with Crippen LogP contribution in [0.25, 0.3) is 33.4 Å². The number of benzene rings is 10. The minimum atomic E-state index is -0.552. The molecule has 2 heterocycles. The van der Waals surface area contributed by atoms with Gasteiger partial charge in [-0.05, 0) is 127 Å². The highest BCUT2D eigenvalue weighted by molar-refractivity contribution is 7.99. The van der Waals surface area contributed by atoms with Gasteiger partial charge in [0.2, 0.25) is 0 Å². The van der Waals surface area contributed by atoms with Gasteiger partial charge in [0.1, 0.15) is 11.5 Å². The molecule has 0 fully saturated rings. The highest BCUT2D eigenvalue weighted by atomic mass is 32.2. The average molecular weight is 886 g/mol. The van der Waals surface area contributed by atoms with E-state index in [1.54, 1.807) is 0 Å². The fourth-order valence-corrected chi connectivity index (χ4v) is 14.5. The van der Waals surface area contributed by atoms with Crippen LogP contribution in [0.4, 0.5) is 17.1 Å². The third kappa shape index (κ3) is 4.69. The molecule has 10 aromatic rings. The van der Waals surface area contributed by atoms with E-state index in [0.717, 1.165) is 28.6 Å². The Hall–Kier alpha value is -7.85. The van der Waals surface area contributed by atoms with E-state index in [2.05, 4.69) is 243 Å². The van der Waals surface area contributed by atoms with E-state index in [4.69, 9.17) is 4.74 Å². The quantitative estimate of drug-likeness (QED) is 0.175. The van der Waals surface area contributed by atoms with E-state index in [0.29, 0.717) is 0 Å². The van der Waals surface area contributed by atoms with E-state index in [9.17, 15) is 0 Å². The van der Waals surface area contributed by atoms with Gasteiger partial charge < -0.3 is 9.64 Å². The van der Waals surface area contributed by atoms with Crippen molar-refractivity contribution < 1.29 is 4.74 Å². The van der Waals surface area contributed by atoms with E-state index >= 15 is 0 Å². The second-order valence-electron chi connectivity index (χ2n) is 19.4. The average Bonchev–Trinajstić information content (AvgIpc) is 3.94. The summed E-state index contributed by atoms with van der Waals surface area (Å²) in [5.41, 5.74) is 22.8. The molecule has 0 radical (unpaired) electrons. The Bertz CT molecular complexity index is 3730. The molecular weight excluding hydrogens is 843 g/mol. The molecule has 2 nitrogen and oxygen atoms in total. The van der Waals surface area contributed by atoms with Crippen LogP contribution in [0.1, 0.15) is 69.5 Å². The molecule has 0 saturated heterocycles. The minimum Gasteiger partial charge on any atom is -0.457 e. The molecule has 15 rings (SSSR count). The van der Waals surface area contributed by atoms with Crippen LogP contribution in [-0.4, -0.2) is 0 Å². The SMILES string of the molecule is CC1(C)c2ccccc2-c2ccc(N(c3ccc4c(c3)-c3ccccc3C43c4ccccc4Oc4ccccc43)c3cccc4c3-c3ccccc3C43c4ccccc4Sc4ccccc43)cc21. The van der Waals surface area contributed by atoms with Gasteiger partial charge in [0.15, 0.2) is 0 Å². The molecule has 10 aromatic carbocycles. The number of nitrogens with zero attached hydrogens (tertiary/aromatic N) is 1. The molecule has 3 heteroatoms. The fourth-order valence-electron chi connectivity index (χ4n) is 13.3. The number of rotatable bonds is 3. The van der Waals surface area contributed by atoms with Crippen molar-refractivity contribution in [2.45, 2.75) is 39.9 Å². The van der Waals surface area contributed by atoms with Crippen LogP contribution < -0.4 is 9.64 Å². The molecule has 0 N–H and O–H groups in total. The van der Waals surface area contributed by atoms with Crippen molar-refractivity contribution in [1.82, 2.24) is 0 Å². The van der Waals surface area contributed by atoms with Crippen LogP contribution in [0.5, 0.6) is 11.5 Å². The second-order valence-corrected chi connectivity index (χ2v) is 20.5. The zero-order valence-electron chi connectivity index (χ0n) is 37.6. The Morgan fingerprint density at radius 3 is 1.47 bits per heavy atom. The topological polar surface area (TPSA) is 12.5 Å². The van der Waals surface area contributed by atoms with Crippen LogP contribution in [-0.2, 0) is 16.2 Å². The molecule has 320 valence electrons. The lowest BCUT2D eigenvalue weighted by Gasteiger charge is -2.40. The predicted octanol–water partition coefficient (Wildman–Crippen LogP) is 16.8. The van der Waals surface area contributed by atoms with Crippen LogP contribution in [0.2, 0.25) is 0 Å². The molecule has 2 aliphatic heterocycles. The van der Waals surface area contributed by atoms with Crippen LogP contribution in [0.3, 0.4) is 0 Å². The number of fused-ring (bicyclic) bond motifs is 21. The minimum absolute atomic E-state index is 0.177. The van der Waals surface area contributed by atoms with Crippen molar-refractivity contribution in [2.75, 3.05) is 4.90 Å². The second kappa shape index (κ2) is 13.6. The smallest absolute Gasteiger partial charge is 0.132 e. The van der Waals surface area contributed by atoms with Gasteiger partial charge in [-0.25, -0.2) is 0 Å². The maximum Gasteiger partial charge on any atom is 0.132 e. The summed E-state index contributed by atoms with van der Waals surface area (Å²) in [4.78, 5) is 5.18. The zero-order valence-corrected chi connectivity index (χ0v) is 38.4. The summed E-state index contributed by atoms with van der Waals surface area (Å²) >= 11 is 1.89. The standard InChI is InChI=1S/C65H43NOS/c1-63(2)47-21-6-3-18-42(47)44-36-34-41(39-56(44)63)66(40-35-37-50-46(38-40)43-19-4-7-22-48(43)64(50)51-24-9-13-30-58(51)67-59-31-14-10-25-52(59)64)57-29-17-28-55-62(57)45-20-5-8-23-49(45)65(55)53-26-11-15-32-60(53)68-61-33-16-12-27-54(61)65/h3-39H,1-2H3. The van der Waals surface area contributed by atoms with E-state index < -0.39 is 10.8 Å². The molecule has 68 heavy (non-hydrogen) atoms. The number of ether oxygens (including phenoxy) is 1. The predicted molar refractivity (Wildman–Crippen MR) is 277 cm³/mol. The lowest BCUT2D eigenvalue weighted by molar-refractivity contribution is 0.436. The van der Waals surface area contributed by atoms with Gasteiger partial charge in [-0.15, -0.1) is 0 Å². The van der Waals surface area contributed by atoms with E-state index in [1.165, 1.54) is 98.8 Å². The Kier molecular flexibility index (Phi) is 7.67. The number of anilines is 3. The molecule has 0 saturated carbocycles. The summed E-state index contributed by atoms with van der Waals surface area (Å²) in [5, 5.41) is 0. The number of para-hydroxylation sites is 2. The molecule has 0 amide bonds. The Morgan fingerprint density at radius 2 is 0.794 bits per heavy atom. The maximum absolute atomic E-state index is 6.70. The van der Waals surface area contributed by atoms with E-state index in [1.807, 2.05) is 11.8 Å². The fraction of sp³-hybridized carbons (Fsp3) is 0.0769. The lowest BCUT2D eigenvalue weighted by Crippen LogP contribution is -2.32. The van der Waals surface area contributed by atoms with Crippen molar-refractivity contribution in [3.05, 3.63) is 280 Å². The van der Waals surface area contributed by atoms with Gasteiger partial charge in [-0.2, -0.15) is 0 Å². The molecule has 0 unspecified atom stereocenters. The molecule has 0 bridgehead atoms. The van der Waals surface area contributed by atoms with Crippen molar-refractivity contribution in [2.24, 2.45) is 0 Å². The number of hydrogen-bond acceptors (Lipinski definition) is 3. The maximum atomic E-state index is 6.70. The van der Waals surface area contributed by atoms with Gasteiger partial charge in [0.05, 0.1) is 16.5 Å². The van der Waals surface area contributed by atoms with Gasteiger partial charge in [-0.3, -0.25) is 0 Å². The van der Waals surface area contributed by atoms with Crippen LogP contribution in [0, 0.1) is 0 Å². The lowest BCUT2D eigenvalue weighted by atomic mass is 9.66. The number of hydrogen-bond donors (Lipinski definition) is 0. The Balaban J connectivity index is 1.03. The van der Waals surface area contributed by atoms with Crippen molar-refractivity contribution in [3.8, 4) is 44.9 Å². The third-order valence-electron chi connectivity index (χ3n) is 16.0.